The molecular formula is C19H17ClN2O2S. The zero-order chi connectivity index (χ0) is 17.6. The minimum Gasteiger partial charge on any atom is -0.467 e. The summed E-state index contributed by atoms with van der Waals surface area (Å²) in [6.45, 7) is 0.785. The van der Waals surface area contributed by atoms with E-state index in [9.17, 15) is 4.79 Å². The van der Waals surface area contributed by atoms with Gasteiger partial charge in [0.25, 0.3) is 5.91 Å². The first-order valence-corrected chi connectivity index (χ1v) is 9.31. The number of halogens is 1. The number of nitrogens with zero attached hydrogens (tertiary/aromatic N) is 2. The highest BCUT2D eigenvalue weighted by Gasteiger charge is 2.20. The van der Waals surface area contributed by atoms with Crippen molar-refractivity contribution in [2.45, 2.75) is 18.0 Å². The topological polar surface area (TPSA) is 46.3 Å². The van der Waals surface area contributed by atoms with E-state index in [0.717, 1.165) is 16.2 Å². The number of furan rings is 1. The molecule has 1 aromatic carbocycles. The predicted octanol–water partition coefficient (Wildman–Crippen LogP) is 4.89. The molecule has 128 valence electrons. The van der Waals surface area contributed by atoms with Crippen LogP contribution in [0.4, 0.5) is 0 Å². The molecule has 0 aliphatic carbocycles. The summed E-state index contributed by atoms with van der Waals surface area (Å²) in [5, 5.41) is 0.443. The van der Waals surface area contributed by atoms with Gasteiger partial charge in [-0.2, -0.15) is 0 Å². The number of pyridine rings is 1. The van der Waals surface area contributed by atoms with Crippen LogP contribution >= 0.6 is 23.4 Å². The van der Waals surface area contributed by atoms with Gasteiger partial charge in [0.2, 0.25) is 0 Å². The van der Waals surface area contributed by atoms with Crippen LogP contribution in [0.15, 0.2) is 70.4 Å². The Bertz CT molecular complexity index is 838. The molecule has 3 aromatic rings. The molecule has 1 amide bonds. The molecular weight excluding hydrogens is 356 g/mol. The highest BCUT2D eigenvalue weighted by molar-refractivity contribution is 7.98. The third-order valence-electron chi connectivity index (χ3n) is 3.71. The number of thioether (sulfide) groups is 1. The Morgan fingerprint density at radius 1 is 1.24 bits per heavy atom. The van der Waals surface area contributed by atoms with E-state index in [1.165, 1.54) is 0 Å². The Balaban J connectivity index is 1.91. The number of benzene rings is 1. The number of rotatable bonds is 6. The molecule has 2 aromatic heterocycles. The fourth-order valence-corrected chi connectivity index (χ4v) is 3.11. The largest absolute Gasteiger partial charge is 0.467 e. The summed E-state index contributed by atoms with van der Waals surface area (Å²) in [6, 6.07) is 12.9. The maximum absolute atomic E-state index is 13.1. The van der Waals surface area contributed by atoms with Crippen molar-refractivity contribution in [3.8, 4) is 0 Å². The van der Waals surface area contributed by atoms with E-state index < -0.39 is 0 Å². The van der Waals surface area contributed by atoms with Gasteiger partial charge < -0.3 is 9.32 Å². The van der Waals surface area contributed by atoms with Crippen LogP contribution in [0, 0.1) is 0 Å². The fraction of sp³-hybridized carbons (Fsp3) is 0.158. The van der Waals surface area contributed by atoms with Crippen molar-refractivity contribution >= 4 is 29.3 Å². The molecule has 3 rings (SSSR count). The predicted molar refractivity (Wildman–Crippen MR) is 99.8 cm³/mol. The van der Waals surface area contributed by atoms with Crippen molar-refractivity contribution in [3.63, 3.8) is 0 Å². The normalized spacial score (nSPS) is 10.6. The van der Waals surface area contributed by atoms with Gasteiger partial charge in [-0.05, 0) is 48.2 Å². The first kappa shape index (κ1) is 17.6. The average Bonchev–Trinajstić information content (AvgIpc) is 3.15. The van der Waals surface area contributed by atoms with Crippen molar-refractivity contribution in [2.75, 3.05) is 6.26 Å². The average molecular weight is 373 g/mol. The molecule has 0 radical (unpaired) electrons. The van der Waals surface area contributed by atoms with E-state index in [1.54, 1.807) is 41.4 Å². The SMILES string of the molecule is CSc1ccc(Cl)c(C(=O)N(Cc2cccnc2)Cc2ccco2)c1. The first-order valence-electron chi connectivity index (χ1n) is 7.71. The molecule has 0 spiro atoms. The van der Waals surface area contributed by atoms with Crippen molar-refractivity contribution in [3.05, 3.63) is 83.0 Å². The molecule has 0 N–H and O–H groups in total. The number of hydrogen-bond donors (Lipinski definition) is 0. The van der Waals surface area contributed by atoms with Crippen LogP contribution in [-0.4, -0.2) is 22.0 Å². The Kier molecular flexibility index (Phi) is 5.79. The maximum atomic E-state index is 13.1. The summed E-state index contributed by atoms with van der Waals surface area (Å²) >= 11 is 7.86. The van der Waals surface area contributed by atoms with Crippen molar-refractivity contribution < 1.29 is 9.21 Å². The summed E-state index contributed by atoms with van der Waals surface area (Å²) in [4.78, 5) is 20.0. The summed E-state index contributed by atoms with van der Waals surface area (Å²) in [5.41, 5.74) is 1.43. The summed E-state index contributed by atoms with van der Waals surface area (Å²) < 4.78 is 5.42. The molecule has 0 aliphatic rings. The van der Waals surface area contributed by atoms with Crippen LogP contribution in [0.5, 0.6) is 0 Å². The van der Waals surface area contributed by atoms with Crippen molar-refractivity contribution in [2.24, 2.45) is 0 Å². The second-order valence-corrected chi connectivity index (χ2v) is 6.73. The Hall–Kier alpha value is -2.24. The van der Waals surface area contributed by atoms with Gasteiger partial charge in [0.15, 0.2) is 0 Å². The molecule has 25 heavy (non-hydrogen) atoms. The Labute approximate surface area is 155 Å². The molecule has 0 saturated carbocycles. The van der Waals surface area contributed by atoms with Gasteiger partial charge in [0.05, 0.1) is 23.4 Å². The van der Waals surface area contributed by atoms with E-state index in [-0.39, 0.29) is 5.91 Å². The molecule has 0 fully saturated rings. The van der Waals surface area contributed by atoms with Crippen LogP contribution < -0.4 is 0 Å². The van der Waals surface area contributed by atoms with E-state index in [2.05, 4.69) is 4.98 Å². The molecule has 0 aliphatic heterocycles. The molecule has 0 saturated heterocycles. The number of hydrogen-bond acceptors (Lipinski definition) is 4. The number of amides is 1. The van der Waals surface area contributed by atoms with E-state index >= 15 is 0 Å². The lowest BCUT2D eigenvalue weighted by Gasteiger charge is -2.22. The third kappa shape index (κ3) is 4.44. The van der Waals surface area contributed by atoms with Crippen LogP contribution in [0.3, 0.4) is 0 Å². The lowest BCUT2D eigenvalue weighted by molar-refractivity contribution is 0.0717. The summed E-state index contributed by atoms with van der Waals surface area (Å²) in [7, 11) is 0. The lowest BCUT2D eigenvalue weighted by Crippen LogP contribution is -2.30. The van der Waals surface area contributed by atoms with Crippen LogP contribution in [0.25, 0.3) is 0 Å². The van der Waals surface area contributed by atoms with Crippen LogP contribution in [0.1, 0.15) is 21.7 Å². The zero-order valence-electron chi connectivity index (χ0n) is 13.7. The molecule has 0 unspecified atom stereocenters. The zero-order valence-corrected chi connectivity index (χ0v) is 15.3. The molecule has 2 heterocycles. The lowest BCUT2D eigenvalue weighted by atomic mass is 10.1. The standard InChI is InChI=1S/C19H17ClN2O2S/c1-25-16-6-7-18(20)17(10-16)19(23)22(13-15-5-3-9-24-15)12-14-4-2-8-21-11-14/h2-11H,12-13H2,1H3. The number of carbonyl (C=O) groups excluding carboxylic acids is 1. The van der Waals surface area contributed by atoms with E-state index in [4.69, 9.17) is 16.0 Å². The summed E-state index contributed by atoms with van der Waals surface area (Å²) in [5.74, 6) is 0.579. The second-order valence-electron chi connectivity index (χ2n) is 5.45. The van der Waals surface area contributed by atoms with Crippen LogP contribution in [0.2, 0.25) is 5.02 Å². The van der Waals surface area contributed by atoms with Crippen LogP contribution in [-0.2, 0) is 13.1 Å². The van der Waals surface area contributed by atoms with Gasteiger partial charge in [0, 0.05) is 23.8 Å². The van der Waals surface area contributed by atoms with Crippen molar-refractivity contribution in [1.82, 2.24) is 9.88 Å². The summed E-state index contributed by atoms with van der Waals surface area (Å²) in [6.07, 6.45) is 7.03. The highest BCUT2D eigenvalue weighted by Crippen LogP contribution is 2.25. The number of aromatic nitrogens is 1. The smallest absolute Gasteiger partial charge is 0.256 e. The minimum atomic E-state index is -0.138. The fourth-order valence-electron chi connectivity index (χ4n) is 2.47. The van der Waals surface area contributed by atoms with Gasteiger partial charge in [-0.3, -0.25) is 9.78 Å². The Morgan fingerprint density at radius 2 is 2.12 bits per heavy atom. The van der Waals surface area contributed by atoms with Gasteiger partial charge in [-0.1, -0.05) is 17.7 Å². The van der Waals surface area contributed by atoms with E-state index in [1.807, 2.05) is 42.7 Å². The van der Waals surface area contributed by atoms with Crippen molar-refractivity contribution in [1.29, 1.82) is 0 Å². The van der Waals surface area contributed by atoms with Gasteiger partial charge in [-0.15, -0.1) is 11.8 Å². The quantitative estimate of drug-likeness (QED) is 0.578. The third-order valence-corrected chi connectivity index (χ3v) is 4.77. The highest BCUT2D eigenvalue weighted by atomic mass is 35.5. The number of carbonyl (C=O) groups is 1. The van der Waals surface area contributed by atoms with E-state index in [0.29, 0.717) is 23.7 Å². The van der Waals surface area contributed by atoms with Gasteiger partial charge in [0.1, 0.15) is 5.76 Å². The molecule has 4 nitrogen and oxygen atoms in total. The Morgan fingerprint density at radius 3 is 2.80 bits per heavy atom. The molecule has 0 bridgehead atoms. The molecule has 6 heteroatoms. The minimum absolute atomic E-state index is 0.138. The monoisotopic (exact) mass is 372 g/mol. The van der Waals surface area contributed by atoms with Gasteiger partial charge >= 0.3 is 0 Å². The van der Waals surface area contributed by atoms with Gasteiger partial charge in [-0.25, -0.2) is 0 Å². The second kappa shape index (κ2) is 8.23. The maximum Gasteiger partial charge on any atom is 0.256 e. The molecule has 0 atom stereocenters. The first-order chi connectivity index (χ1) is 12.2.